The molecular weight excluding hydrogens is 178 g/mol. The third-order valence-corrected chi connectivity index (χ3v) is 2.17. The molecule has 0 aliphatic rings. The molecule has 1 aromatic rings. The van der Waals surface area contributed by atoms with E-state index >= 15 is 0 Å². The van der Waals surface area contributed by atoms with Gasteiger partial charge in [-0.25, -0.2) is 0 Å². The molecule has 0 unspecified atom stereocenters. The van der Waals surface area contributed by atoms with Crippen molar-refractivity contribution in [3.63, 3.8) is 0 Å². The van der Waals surface area contributed by atoms with Crippen LogP contribution >= 0.6 is 0 Å². The molecule has 1 aromatic carbocycles. The van der Waals surface area contributed by atoms with Crippen molar-refractivity contribution in [2.24, 2.45) is 0 Å². The van der Waals surface area contributed by atoms with Crippen molar-refractivity contribution < 1.29 is 9.59 Å². The lowest BCUT2D eigenvalue weighted by Crippen LogP contribution is -2.20. The quantitative estimate of drug-likeness (QED) is 0.725. The van der Waals surface area contributed by atoms with Crippen LogP contribution in [0.15, 0.2) is 18.2 Å². The minimum Gasteiger partial charge on any atom is -0.319 e. The highest BCUT2D eigenvalue weighted by Gasteiger charge is 2.09. The Morgan fingerprint density at radius 2 is 1.86 bits per heavy atom. The van der Waals surface area contributed by atoms with Gasteiger partial charge in [0.1, 0.15) is 0 Å². The van der Waals surface area contributed by atoms with Gasteiger partial charge in [-0.05, 0) is 31.0 Å². The Morgan fingerprint density at radius 3 is 2.43 bits per heavy atom. The van der Waals surface area contributed by atoms with E-state index in [1.165, 1.54) is 6.92 Å². The van der Waals surface area contributed by atoms with Gasteiger partial charge in [-0.2, -0.15) is 0 Å². The summed E-state index contributed by atoms with van der Waals surface area (Å²) in [6.45, 7) is 5.12. The third-order valence-electron chi connectivity index (χ3n) is 2.17. The molecule has 0 atom stereocenters. The van der Waals surface area contributed by atoms with E-state index in [0.29, 0.717) is 5.69 Å². The van der Waals surface area contributed by atoms with Gasteiger partial charge in [0.25, 0.3) is 5.91 Å². The monoisotopic (exact) mass is 191 g/mol. The number of ketones is 1. The van der Waals surface area contributed by atoms with E-state index < -0.39 is 11.7 Å². The summed E-state index contributed by atoms with van der Waals surface area (Å²) in [6, 6.07) is 5.58. The van der Waals surface area contributed by atoms with E-state index in [1.807, 2.05) is 26.0 Å². The van der Waals surface area contributed by atoms with Gasteiger partial charge in [-0.1, -0.05) is 12.1 Å². The van der Waals surface area contributed by atoms with Crippen molar-refractivity contribution in [2.45, 2.75) is 20.8 Å². The molecule has 0 saturated heterocycles. The first-order chi connectivity index (χ1) is 6.52. The molecule has 0 bridgehead atoms. The highest BCUT2D eigenvalue weighted by molar-refractivity contribution is 6.39. The van der Waals surface area contributed by atoms with Gasteiger partial charge in [-0.15, -0.1) is 0 Å². The van der Waals surface area contributed by atoms with Gasteiger partial charge >= 0.3 is 0 Å². The average Bonchev–Trinajstić information content (AvgIpc) is 2.12. The number of nitrogens with one attached hydrogen (secondary N) is 1. The van der Waals surface area contributed by atoms with E-state index in [4.69, 9.17) is 0 Å². The van der Waals surface area contributed by atoms with Crippen LogP contribution in [-0.4, -0.2) is 11.7 Å². The van der Waals surface area contributed by atoms with Crippen LogP contribution in [-0.2, 0) is 9.59 Å². The van der Waals surface area contributed by atoms with Gasteiger partial charge < -0.3 is 5.32 Å². The van der Waals surface area contributed by atoms with Gasteiger partial charge in [0.2, 0.25) is 5.78 Å². The van der Waals surface area contributed by atoms with Crippen LogP contribution < -0.4 is 5.32 Å². The van der Waals surface area contributed by atoms with Gasteiger partial charge in [-0.3, -0.25) is 9.59 Å². The maximum absolute atomic E-state index is 11.1. The maximum Gasteiger partial charge on any atom is 0.291 e. The molecule has 0 radical (unpaired) electrons. The Labute approximate surface area is 83.1 Å². The van der Waals surface area contributed by atoms with E-state index in [2.05, 4.69) is 5.32 Å². The highest BCUT2D eigenvalue weighted by Crippen LogP contribution is 2.17. The van der Waals surface area contributed by atoms with Crippen molar-refractivity contribution in [1.82, 2.24) is 0 Å². The second-order valence-corrected chi connectivity index (χ2v) is 3.26. The Bertz CT molecular complexity index is 383. The predicted molar refractivity (Wildman–Crippen MR) is 55.2 cm³/mol. The lowest BCUT2D eigenvalue weighted by atomic mass is 10.1. The maximum atomic E-state index is 11.1. The molecule has 3 nitrogen and oxygen atoms in total. The zero-order valence-corrected chi connectivity index (χ0v) is 8.55. The number of carbonyl (C=O) groups excluding carboxylic acids is 2. The number of benzene rings is 1. The Kier molecular flexibility index (Phi) is 3.02. The van der Waals surface area contributed by atoms with Crippen molar-refractivity contribution in [1.29, 1.82) is 0 Å². The molecule has 1 amide bonds. The summed E-state index contributed by atoms with van der Waals surface area (Å²) in [5.74, 6) is -1.05. The smallest absolute Gasteiger partial charge is 0.291 e. The Hall–Kier alpha value is -1.64. The Morgan fingerprint density at radius 1 is 1.21 bits per heavy atom. The standard InChI is InChI=1S/C11H13NO2/c1-7-5-4-6-10(8(7)2)12-11(14)9(3)13/h4-6H,1-3H3,(H,12,14). The van der Waals surface area contributed by atoms with E-state index in [1.54, 1.807) is 6.07 Å². The first-order valence-electron chi connectivity index (χ1n) is 4.40. The van der Waals surface area contributed by atoms with Crippen LogP contribution in [0.1, 0.15) is 18.1 Å². The van der Waals surface area contributed by atoms with Crippen LogP contribution in [0.2, 0.25) is 0 Å². The number of aryl methyl sites for hydroxylation is 1. The summed E-state index contributed by atoms with van der Waals surface area (Å²) in [5, 5.41) is 2.56. The molecule has 1 N–H and O–H groups in total. The van der Waals surface area contributed by atoms with E-state index in [-0.39, 0.29) is 0 Å². The normalized spacial score (nSPS) is 9.64. The largest absolute Gasteiger partial charge is 0.319 e. The minimum absolute atomic E-state index is 0.481. The fourth-order valence-corrected chi connectivity index (χ4v) is 1.10. The summed E-state index contributed by atoms with van der Waals surface area (Å²) >= 11 is 0. The number of rotatable bonds is 2. The molecular formula is C11H13NO2. The van der Waals surface area contributed by atoms with Crippen LogP contribution in [0.3, 0.4) is 0 Å². The summed E-state index contributed by atoms with van der Waals surface area (Å²) in [7, 11) is 0. The summed E-state index contributed by atoms with van der Waals surface area (Å²) < 4.78 is 0. The van der Waals surface area contributed by atoms with Crippen LogP contribution in [0, 0.1) is 13.8 Å². The molecule has 0 spiro atoms. The molecule has 74 valence electrons. The van der Waals surface area contributed by atoms with Crippen molar-refractivity contribution >= 4 is 17.4 Å². The first kappa shape index (κ1) is 10.4. The second kappa shape index (κ2) is 4.05. The lowest BCUT2D eigenvalue weighted by Gasteiger charge is -2.08. The number of amides is 1. The summed E-state index contributed by atoms with van der Waals surface area (Å²) in [4.78, 5) is 21.8. The highest BCUT2D eigenvalue weighted by atomic mass is 16.2. The fraction of sp³-hybridized carbons (Fsp3) is 0.273. The van der Waals surface area contributed by atoms with Crippen molar-refractivity contribution in [2.75, 3.05) is 5.32 Å². The van der Waals surface area contributed by atoms with E-state index in [0.717, 1.165) is 11.1 Å². The number of anilines is 1. The first-order valence-corrected chi connectivity index (χ1v) is 4.40. The Balaban J connectivity index is 2.93. The van der Waals surface area contributed by atoms with Crippen LogP contribution in [0.25, 0.3) is 0 Å². The topological polar surface area (TPSA) is 46.2 Å². The zero-order chi connectivity index (χ0) is 10.7. The number of carbonyl (C=O) groups is 2. The van der Waals surface area contributed by atoms with Crippen LogP contribution in [0.4, 0.5) is 5.69 Å². The van der Waals surface area contributed by atoms with Crippen molar-refractivity contribution in [3.05, 3.63) is 29.3 Å². The second-order valence-electron chi connectivity index (χ2n) is 3.26. The molecule has 1 rings (SSSR count). The number of Topliss-reactive ketones (excluding diaryl/α,β-unsaturated/α-hetero) is 1. The lowest BCUT2D eigenvalue weighted by molar-refractivity contribution is -0.133. The van der Waals surface area contributed by atoms with Crippen LogP contribution in [0.5, 0.6) is 0 Å². The number of hydrogen-bond acceptors (Lipinski definition) is 2. The predicted octanol–water partition coefficient (Wildman–Crippen LogP) is 1.83. The molecule has 14 heavy (non-hydrogen) atoms. The van der Waals surface area contributed by atoms with E-state index in [9.17, 15) is 9.59 Å². The fourth-order valence-electron chi connectivity index (χ4n) is 1.10. The molecule has 0 aliphatic carbocycles. The summed E-state index contributed by atoms with van der Waals surface area (Å²) in [6.07, 6.45) is 0. The van der Waals surface area contributed by atoms with Crippen molar-refractivity contribution in [3.8, 4) is 0 Å². The SMILES string of the molecule is CC(=O)C(=O)Nc1cccc(C)c1C. The molecule has 0 aromatic heterocycles. The molecule has 0 saturated carbocycles. The zero-order valence-electron chi connectivity index (χ0n) is 8.55. The third kappa shape index (κ3) is 2.19. The van der Waals surface area contributed by atoms with Gasteiger partial charge in [0.05, 0.1) is 0 Å². The molecule has 0 heterocycles. The molecule has 0 fully saturated rings. The summed E-state index contributed by atoms with van der Waals surface area (Å²) in [5.41, 5.74) is 2.78. The van der Waals surface area contributed by atoms with Gasteiger partial charge in [0, 0.05) is 12.6 Å². The minimum atomic E-state index is -0.571. The molecule has 3 heteroatoms. The average molecular weight is 191 g/mol. The molecule has 0 aliphatic heterocycles. The number of hydrogen-bond donors (Lipinski definition) is 1. The van der Waals surface area contributed by atoms with Gasteiger partial charge in [0.15, 0.2) is 0 Å².